The Bertz CT molecular complexity index is 499. The largest absolute Gasteiger partial charge is 0.508 e. The molecule has 0 amide bonds. The molecule has 88 valence electrons. The van der Waals surface area contributed by atoms with Crippen LogP contribution in [0.5, 0.6) is 5.75 Å². The number of aromatic hydroxyl groups is 1. The van der Waals surface area contributed by atoms with Gasteiger partial charge in [-0.15, -0.1) is 0 Å². The number of hydrogen-bond donors (Lipinski definition) is 3. The quantitative estimate of drug-likeness (QED) is 0.558. The van der Waals surface area contributed by atoms with Crippen LogP contribution in [0.15, 0.2) is 42.7 Å². The standard InChI is InChI=1S/C13H15N3O/c1-9(16-11-3-2-6-15-8-11)12-7-10(14)4-5-13(12)17/h2-9,16-17H,14H2,1H3. The number of nitrogens with two attached hydrogens (primary N) is 1. The van der Waals surface area contributed by atoms with Crippen LogP contribution in [0.2, 0.25) is 0 Å². The van der Waals surface area contributed by atoms with Crippen LogP contribution >= 0.6 is 0 Å². The molecule has 0 saturated heterocycles. The summed E-state index contributed by atoms with van der Waals surface area (Å²) >= 11 is 0. The Hall–Kier alpha value is -2.23. The first kappa shape index (κ1) is 11.3. The molecular weight excluding hydrogens is 214 g/mol. The van der Waals surface area contributed by atoms with Crippen molar-refractivity contribution in [2.24, 2.45) is 0 Å². The second kappa shape index (κ2) is 4.74. The lowest BCUT2D eigenvalue weighted by molar-refractivity contribution is 0.465. The number of benzene rings is 1. The van der Waals surface area contributed by atoms with E-state index in [1.165, 1.54) is 0 Å². The second-order valence-electron chi connectivity index (χ2n) is 3.93. The third-order valence-electron chi connectivity index (χ3n) is 2.56. The van der Waals surface area contributed by atoms with Gasteiger partial charge in [0, 0.05) is 23.6 Å². The highest BCUT2D eigenvalue weighted by Crippen LogP contribution is 2.28. The fourth-order valence-corrected chi connectivity index (χ4v) is 1.70. The highest BCUT2D eigenvalue weighted by molar-refractivity contribution is 5.51. The minimum Gasteiger partial charge on any atom is -0.508 e. The zero-order chi connectivity index (χ0) is 12.3. The van der Waals surface area contributed by atoms with Gasteiger partial charge in [-0.3, -0.25) is 4.98 Å². The van der Waals surface area contributed by atoms with Crippen molar-refractivity contribution in [3.63, 3.8) is 0 Å². The van der Waals surface area contributed by atoms with Crippen molar-refractivity contribution in [3.8, 4) is 5.75 Å². The monoisotopic (exact) mass is 229 g/mol. The molecule has 2 aromatic rings. The molecule has 0 aliphatic heterocycles. The molecule has 1 aromatic heterocycles. The van der Waals surface area contributed by atoms with E-state index < -0.39 is 0 Å². The molecule has 0 aliphatic rings. The van der Waals surface area contributed by atoms with Gasteiger partial charge < -0.3 is 16.2 Å². The number of anilines is 2. The van der Waals surface area contributed by atoms with Crippen LogP contribution in [0.25, 0.3) is 0 Å². The third kappa shape index (κ3) is 2.66. The summed E-state index contributed by atoms with van der Waals surface area (Å²) in [5, 5.41) is 13.0. The van der Waals surface area contributed by atoms with Gasteiger partial charge in [0.05, 0.1) is 11.7 Å². The van der Waals surface area contributed by atoms with Crippen LogP contribution < -0.4 is 11.1 Å². The summed E-state index contributed by atoms with van der Waals surface area (Å²) in [7, 11) is 0. The molecule has 0 radical (unpaired) electrons. The molecular formula is C13H15N3O. The second-order valence-corrected chi connectivity index (χ2v) is 3.93. The van der Waals surface area contributed by atoms with Gasteiger partial charge in [-0.25, -0.2) is 0 Å². The molecule has 1 heterocycles. The number of nitrogen functional groups attached to an aromatic ring is 1. The maximum Gasteiger partial charge on any atom is 0.120 e. The maximum absolute atomic E-state index is 9.77. The van der Waals surface area contributed by atoms with E-state index in [2.05, 4.69) is 10.3 Å². The van der Waals surface area contributed by atoms with Crippen LogP contribution in [0.1, 0.15) is 18.5 Å². The van der Waals surface area contributed by atoms with Crippen molar-refractivity contribution in [1.82, 2.24) is 4.98 Å². The molecule has 4 heteroatoms. The zero-order valence-electron chi connectivity index (χ0n) is 9.59. The van der Waals surface area contributed by atoms with Crippen molar-refractivity contribution in [2.75, 3.05) is 11.1 Å². The highest BCUT2D eigenvalue weighted by Gasteiger charge is 2.10. The number of phenols is 1. The average molecular weight is 229 g/mol. The van der Waals surface area contributed by atoms with Crippen molar-refractivity contribution in [1.29, 1.82) is 0 Å². The Morgan fingerprint density at radius 3 is 2.88 bits per heavy atom. The molecule has 4 nitrogen and oxygen atoms in total. The number of pyridine rings is 1. The van der Waals surface area contributed by atoms with Crippen LogP contribution in [0, 0.1) is 0 Å². The zero-order valence-corrected chi connectivity index (χ0v) is 9.59. The summed E-state index contributed by atoms with van der Waals surface area (Å²) in [6.07, 6.45) is 3.45. The first-order valence-corrected chi connectivity index (χ1v) is 5.42. The minimum absolute atomic E-state index is 0.0392. The average Bonchev–Trinajstić information content (AvgIpc) is 2.33. The Balaban J connectivity index is 2.20. The topological polar surface area (TPSA) is 71.2 Å². The number of aromatic nitrogens is 1. The Labute approximate surface area is 100 Å². The van der Waals surface area contributed by atoms with Crippen molar-refractivity contribution in [3.05, 3.63) is 48.3 Å². The van der Waals surface area contributed by atoms with Crippen LogP contribution in [0.3, 0.4) is 0 Å². The van der Waals surface area contributed by atoms with Gasteiger partial charge in [-0.2, -0.15) is 0 Å². The molecule has 1 aromatic carbocycles. The molecule has 1 atom stereocenters. The van der Waals surface area contributed by atoms with Gasteiger partial charge in [-0.1, -0.05) is 0 Å². The van der Waals surface area contributed by atoms with Crippen LogP contribution in [0.4, 0.5) is 11.4 Å². The Kier molecular flexibility index (Phi) is 3.14. The summed E-state index contributed by atoms with van der Waals surface area (Å²) in [6, 6.07) is 8.79. The minimum atomic E-state index is -0.0392. The van der Waals surface area contributed by atoms with E-state index in [9.17, 15) is 5.11 Å². The first-order valence-electron chi connectivity index (χ1n) is 5.42. The van der Waals surface area contributed by atoms with E-state index in [0.717, 1.165) is 11.3 Å². The lowest BCUT2D eigenvalue weighted by Gasteiger charge is -2.17. The van der Waals surface area contributed by atoms with Gasteiger partial charge in [0.2, 0.25) is 0 Å². The fourth-order valence-electron chi connectivity index (χ4n) is 1.70. The SMILES string of the molecule is CC(Nc1cccnc1)c1cc(N)ccc1O. The van der Waals surface area contributed by atoms with E-state index in [1.807, 2.05) is 19.1 Å². The third-order valence-corrected chi connectivity index (χ3v) is 2.56. The van der Waals surface area contributed by atoms with E-state index in [-0.39, 0.29) is 11.8 Å². The molecule has 2 rings (SSSR count). The molecule has 1 unspecified atom stereocenters. The van der Waals surface area contributed by atoms with Gasteiger partial charge in [0.1, 0.15) is 5.75 Å². The molecule has 0 bridgehead atoms. The summed E-state index contributed by atoms with van der Waals surface area (Å²) in [5.41, 5.74) is 8.02. The van der Waals surface area contributed by atoms with E-state index in [1.54, 1.807) is 30.6 Å². The smallest absolute Gasteiger partial charge is 0.120 e. The lowest BCUT2D eigenvalue weighted by atomic mass is 10.1. The van der Waals surface area contributed by atoms with E-state index in [0.29, 0.717) is 5.69 Å². The van der Waals surface area contributed by atoms with Gasteiger partial charge in [0.15, 0.2) is 0 Å². The lowest BCUT2D eigenvalue weighted by Crippen LogP contribution is -2.07. The van der Waals surface area contributed by atoms with Crippen molar-refractivity contribution in [2.45, 2.75) is 13.0 Å². The molecule has 17 heavy (non-hydrogen) atoms. The Morgan fingerprint density at radius 2 is 2.18 bits per heavy atom. The molecule has 0 fully saturated rings. The predicted molar refractivity (Wildman–Crippen MR) is 68.8 cm³/mol. The molecule has 4 N–H and O–H groups in total. The summed E-state index contributed by atoms with van der Waals surface area (Å²) in [6.45, 7) is 1.96. The van der Waals surface area contributed by atoms with E-state index >= 15 is 0 Å². The van der Waals surface area contributed by atoms with Crippen LogP contribution in [-0.4, -0.2) is 10.1 Å². The number of nitrogens with one attached hydrogen (secondary N) is 1. The molecule has 0 aliphatic carbocycles. The predicted octanol–water partition coefficient (Wildman–Crippen LogP) is 2.54. The number of phenolic OH excluding ortho intramolecular Hbond substituents is 1. The van der Waals surface area contributed by atoms with Crippen molar-refractivity contribution >= 4 is 11.4 Å². The maximum atomic E-state index is 9.77. The van der Waals surface area contributed by atoms with Gasteiger partial charge >= 0.3 is 0 Å². The normalized spacial score (nSPS) is 12.1. The Morgan fingerprint density at radius 1 is 1.35 bits per heavy atom. The summed E-state index contributed by atoms with van der Waals surface area (Å²) in [5.74, 6) is 0.239. The fraction of sp³-hybridized carbons (Fsp3) is 0.154. The van der Waals surface area contributed by atoms with Gasteiger partial charge in [0.25, 0.3) is 0 Å². The van der Waals surface area contributed by atoms with Gasteiger partial charge in [-0.05, 0) is 37.3 Å². The first-order chi connectivity index (χ1) is 8.16. The van der Waals surface area contributed by atoms with Crippen LogP contribution in [-0.2, 0) is 0 Å². The number of rotatable bonds is 3. The summed E-state index contributed by atoms with van der Waals surface area (Å²) < 4.78 is 0. The molecule has 0 spiro atoms. The number of nitrogens with zero attached hydrogens (tertiary/aromatic N) is 1. The number of hydrogen-bond acceptors (Lipinski definition) is 4. The highest BCUT2D eigenvalue weighted by atomic mass is 16.3. The van der Waals surface area contributed by atoms with E-state index in [4.69, 9.17) is 5.73 Å². The van der Waals surface area contributed by atoms with Crippen molar-refractivity contribution < 1.29 is 5.11 Å². The summed E-state index contributed by atoms with van der Waals surface area (Å²) in [4.78, 5) is 4.02. The molecule has 0 saturated carbocycles.